The lowest BCUT2D eigenvalue weighted by Gasteiger charge is -2.32. The third-order valence-corrected chi connectivity index (χ3v) is 3.18. The molecule has 0 saturated carbocycles. The Bertz CT molecular complexity index is 368. The van der Waals surface area contributed by atoms with E-state index in [1.807, 2.05) is 27.7 Å². The Morgan fingerprint density at radius 3 is 2.71 bits per heavy atom. The van der Waals surface area contributed by atoms with Crippen LogP contribution in [-0.2, 0) is 9.53 Å². The molecule has 0 spiro atoms. The maximum atomic E-state index is 11.8. The summed E-state index contributed by atoms with van der Waals surface area (Å²) in [5.41, 5.74) is -0.474. The molecule has 2 unspecified atom stereocenters. The highest BCUT2D eigenvalue weighted by Gasteiger charge is 2.24. The van der Waals surface area contributed by atoms with Crippen LogP contribution in [-0.4, -0.2) is 66.4 Å². The van der Waals surface area contributed by atoms with Crippen LogP contribution in [0.2, 0.25) is 0 Å². The number of carbonyl (C=O) groups excluding carboxylic acids is 1. The zero-order valence-corrected chi connectivity index (χ0v) is 13.3. The first-order valence-corrected chi connectivity index (χ1v) is 7.34. The SMILES string of the molecule is CC(CNCC1CN(C(=O)O)CCN1)C(=O)OC(C)(C)C. The molecular formula is C14H27N3O4. The van der Waals surface area contributed by atoms with Crippen LogP contribution in [0.5, 0.6) is 0 Å². The number of nitrogens with zero attached hydrogens (tertiary/aromatic N) is 1. The van der Waals surface area contributed by atoms with Gasteiger partial charge in [-0.15, -0.1) is 0 Å². The van der Waals surface area contributed by atoms with Crippen LogP contribution in [0, 0.1) is 5.92 Å². The van der Waals surface area contributed by atoms with Crippen molar-refractivity contribution in [1.29, 1.82) is 0 Å². The molecule has 7 heteroatoms. The van der Waals surface area contributed by atoms with E-state index in [1.54, 1.807) is 0 Å². The molecule has 1 rings (SSSR count). The first-order valence-electron chi connectivity index (χ1n) is 7.34. The van der Waals surface area contributed by atoms with Crippen molar-refractivity contribution < 1.29 is 19.4 Å². The summed E-state index contributed by atoms with van der Waals surface area (Å²) in [6, 6.07) is 0.0701. The lowest BCUT2D eigenvalue weighted by molar-refractivity contribution is -0.159. The zero-order valence-electron chi connectivity index (χ0n) is 13.3. The Hall–Kier alpha value is -1.34. The van der Waals surface area contributed by atoms with Gasteiger partial charge in [0.1, 0.15) is 5.60 Å². The Labute approximate surface area is 126 Å². The summed E-state index contributed by atoms with van der Waals surface area (Å²) in [5, 5.41) is 15.4. The lowest BCUT2D eigenvalue weighted by atomic mass is 10.1. The molecule has 1 amide bonds. The lowest BCUT2D eigenvalue weighted by Crippen LogP contribution is -2.55. The molecule has 3 N–H and O–H groups in total. The van der Waals surface area contributed by atoms with Crippen molar-refractivity contribution in [3.8, 4) is 0 Å². The van der Waals surface area contributed by atoms with Gasteiger partial charge in [-0.05, 0) is 20.8 Å². The number of nitrogens with one attached hydrogen (secondary N) is 2. The van der Waals surface area contributed by atoms with Crippen molar-refractivity contribution in [1.82, 2.24) is 15.5 Å². The Kier molecular flexibility index (Phi) is 6.42. The van der Waals surface area contributed by atoms with Gasteiger partial charge in [0.2, 0.25) is 0 Å². The maximum absolute atomic E-state index is 11.8. The van der Waals surface area contributed by atoms with E-state index in [0.717, 1.165) is 0 Å². The zero-order chi connectivity index (χ0) is 16.0. The number of carbonyl (C=O) groups is 2. The Morgan fingerprint density at radius 2 is 2.14 bits per heavy atom. The average Bonchev–Trinajstić information content (AvgIpc) is 2.37. The molecule has 0 aromatic heterocycles. The number of amides is 1. The van der Waals surface area contributed by atoms with Gasteiger partial charge in [0.15, 0.2) is 0 Å². The number of rotatable bonds is 5. The normalized spacial score (nSPS) is 21.0. The van der Waals surface area contributed by atoms with Gasteiger partial charge in [0, 0.05) is 38.8 Å². The van der Waals surface area contributed by atoms with Crippen molar-refractivity contribution in [2.75, 3.05) is 32.7 Å². The smallest absolute Gasteiger partial charge is 0.407 e. The average molecular weight is 301 g/mol. The summed E-state index contributed by atoms with van der Waals surface area (Å²) < 4.78 is 5.31. The second kappa shape index (κ2) is 7.61. The summed E-state index contributed by atoms with van der Waals surface area (Å²) >= 11 is 0. The number of carboxylic acid groups (broad SMARTS) is 1. The molecular weight excluding hydrogens is 274 g/mol. The molecule has 7 nitrogen and oxygen atoms in total. The molecule has 122 valence electrons. The standard InChI is InChI=1S/C14H27N3O4/c1-10(12(18)21-14(2,3)4)7-15-8-11-9-17(13(19)20)6-5-16-11/h10-11,15-16H,5-9H2,1-4H3,(H,19,20). The van der Waals surface area contributed by atoms with Crippen molar-refractivity contribution in [3.05, 3.63) is 0 Å². The third kappa shape index (κ3) is 6.77. The van der Waals surface area contributed by atoms with Crippen LogP contribution in [0.1, 0.15) is 27.7 Å². The molecule has 0 radical (unpaired) electrons. The quantitative estimate of drug-likeness (QED) is 0.641. The van der Waals surface area contributed by atoms with E-state index in [2.05, 4.69) is 10.6 Å². The summed E-state index contributed by atoms with van der Waals surface area (Å²) in [4.78, 5) is 24.1. The van der Waals surface area contributed by atoms with Crippen LogP contribution >= 0.6 is 0 Å². The second-order valence-corrected chi connectivity index (χ2v) is 6.47. The molecule has 0 bridgehead atoms. The van der Waals surface area contributed by atoms with Crippen LogP contribution in [0.4, 0.5) is 4.79 Å². The molecule has 1 saturated heterocycles. The fourth-order valence-electron chi connectivity index (χ4n) is 2.10. The minimum Gasteiger partial charge on any atom is -0.465 e. The Morgan fingerprint density at radius 1 is 1.48 bits per heavy atom. The van der Waals surface area contributed by atoms with Crippen LogP contribution in [0.25, 0.3) is 0 Å². The number of hydrogen-bond acceptors (Lipinski definition) is 5. The minimum atomic E-state index is -0.886. The van der Waals surface area contributed by atoms with Gasteiger partial charge < -0.3 is 25.4 Å². The van der Waals surface area contributed by atoms with Gasteiger partial charge in [-0.25, -0.2) is 4.79 Å². The molecule has 0 aliphatic carbocycles. The molecule has 1 fully saturated rings. The van der Waals surface area contributed by atoms with Crippen molar-refractivity contribution in [2.24, 2.45) is 5.92 Å². The molecule has 2 atom stereocenters. The number of piperazine rings is 1. The summed E-state index contributed by atoms with van der Waals surface area (Å²) in [5.74, 6) is -0.456. The van der Waals surface area contributed by atoms with Crippen LogP contribution in [0.15, 0.2) is 0 Å². The van der Waals surface area contributed by atoms with E-state index in [-0.39, 0.29) is 17.9 Å². The highest BCUT2D eigenvalue weighted by atomic mass is 16.6. The number of hydrogen-bond donors (Lipinski definition) is 3. The summed E-state index contributed by atoms with van der Waals surface area (Å²) in [6.45, 7) is 10.1. The van der Waals surface area contributed by atoms with E-state index in [1.165, 1.54) is 4.90 Å². The monoisotopic (exact) mass is 301 g/mol. The predicted molar refractivity (Wildman–Crippen MR) is 79.3 cm³/mol. The van der Waals surface area contributed by atoms with Crippen molar-refractivity contribution in [3.63, 3.8) is 0 Å². The fourth-order valence-corrected chi connectivity index (χ4v) is 2.10. The maximum Gasteiger partial charge on any atom is 0.407 e. The molecule has 1 heterocycles. The minimum absolute atomic E-state index is 0.0701. The number of ether oxygens (including phenoxy) is 1. The molecule has 0 aromatic rings. The predicted octanol–water partition coefficient (Wildman–Crippen LogP) is 0.506. The summed E-state index contributed by atoms with van der Waals surface area (Å²) in [7, 11) is 0. The first-order chi connectivity index (χ1) is 9.69. The molecule has 1 aliphatic heterocycles. The fraction of sp³-hybridized carbons (Fsp3) is 0.857. The van der Waals surface area contributed by atoms with E-state index in [0.29, 0.717) is 32.7 Å². The molecule has 1 aliphatic rings. The second-order valence-electron chi connectivity index (χ2n) is 6.47. The van der Waals surface area contributed by atoms with E-state index in [9.17, 15) is 9.59 Å². The van der Waals surface area contributed by atoms with Gasteiger partial charge in [-0.2, -0.15) is 0 Å². The molecule has 0 aromatic carbocycles. The van der Waals surface area contributed by atoms with Crippen molar-refractivity contribution in [2.45, 2.75) is 39.3 Å². The van der Waals surface area contributed by atoms with Gasteiger partial charge in [-0.1, -0.05) is 6.92 Å². The Balaban J connectivity index is 2.26. The highest BCUT2D eigenvalue weighted by Crippen LogP contribution is 2.10. The third-order valence-electron chi connectivity index (χ3n) is 3.18. The van der Waals surface area contributed by atoms with Gasteiger partial charge in [0.25, 0.3) is 0 Å². The van der Waals surface area contributed by atoms with Crippen LogP contribution < -0.4 is 10.6 Å². The van der Waals surface area contributed by atoms with Crippen LogP contribution in [0.3, 0.4) is 0 Å². The largest absolute Gasteiger partial charge is 0.465 e. The number of esters is 1. The van der Waals surface area contributed by atoms with Gasteiger partial charge in [-0.3, -0.25) is 4.79 Å². The van der Waals surface area contributed by atoms with E-state index >= 15 is 0 Å². The van der Waals surface area contributed by atoms with E-state index in [4.69, 9.17) is 9.84 Å². The summed E-state index contributed by atoms with van der Waals surface area (Å²) in [6.07, 6.45) is -0.886. The van der Waals surface area contributed by atoms with Gasteiger partial charge in [0.05, 0.1) is 5.92 Å². The highest BCUT2D eigenvalue weighted by molar-refractivity contribution is 5.72. The molecule has 21 heavy (non-hydrogen) atoms. The van der Waals surface area contributed by atoms with Gasteiger partial charge >= 0.3 is 12.1 Å². The van der Waals surface area contributed by atoms with E-state index < -0.39 is 11.7 Å². The van der Waals surface area contributed by atoms with Crippen molar-refractivity contribution >= 4 is 12.1 Å². The first kappa shape index (κ1) is 17.7. The topological polar surface area (TPSA) is 90.9 Å².